The number of hydrogen-bond donors (Lipinski definition) is 0. The first-order valence-electron chi connectivity index (χ1n) is 8.39. The molecule has 0 amide bonds. The second kappa shape index (κ2) is 11.1. The average molecular weight is 289 g/mol. The largest absolute Gasteiger partial charge is 0.308 e. The maximum atomic E-state index is 11.6. The van der Waals surface area contributed by atoms with Crippen LogP contribution in [0.15, 0.2) is 35.1 Å². The van der Waals surface area contributed by atoms with Gasteiger partial charge in [0, 0.05) is 12.6 Å². The third kappa shape index (κ3) is 5.04. The first kappa shape index (κ1) is 19.4. The van der Waals surface area contributed by atoms with Crippen LogP contribution in [0.3, 0.4) is 0 Å². The van der Waals surface area contributed by atoms with Crippen LogP contribution in [0.25, 0.3) is 10.9 Å². The zero-order valence-electron chi connectivity index (χ0n) is 14.6. The lowest BCUT2D eigenvalue weighted by Gasteiger charge is -2.18. The zero-order chi connectivity index (χ0) is 16.3. The molecule has 2 nitrogen and oxygen atoms in total. The van der Waals surface area contributed by atoms with Gasteiger partial charge in [-0.25, -0.2) is 0 Å². The Morgan fingerprint density at radius 2 is 1.62 bits per heavy atom. The summed E-state index contributed by atoms with van der Waals surface area (Å²) >= 11 is 0. The van der Waals surface area contributed by atoms with E-state index in [0.29, 0.717) is 0 Å². The van der Waals surface area contributed by atoms with Gasteiger partial charge in [0.2, 0.25) is 0 Å². The van der Waals surface area contributed by atoms with Crippen molar-refractivity contribution in [1.82, 2.24) is 4.57 Å². The molecule has 2 heteroatoms. The SMILES string of the molecule is CC.CC.CCC.O=c1ccc2cccc3c2n1CCC3. The number of aryl methyl sites for hydroxylation is 2. The Morgan fingerprint density at radius 3 is 2.24 bits per heavy atom. The molecule has 0 unspecified atom stereocenters. The van der Waals surface area contributed by atoms with E-state index in [1.807, 2.05) is 38.3 Å². The molecule has 1 aliphatic rings. The van der Waals surface area contributed by atoms with Crippen molar-refractivity contribution in [3.8, 4) is 0 Å². The highest BCUT2D eigenvalue weighted by Crippen LogP contribution is 2.22. The van der Waals surface area contributed by atoms with E-state index in [0.717, 1.165) is 24.9 Å². The maximum absolute atomic E-state index is 11.6. The van der Waals surface area contributed by atoms with Gasteiger partial charge < -0.3 is 4.57 Å². The normalized spacial score (nSPS) is 11.1. The van der Waals surface area contributed by atoms with E-state index in [1.165, 1.54) is 17.4 Å². The maximum Gasteiger partial charge on any atom is 0.251 e. The molecule has 2 heterocycles. The van der Waals surface area contributed by atoms with Crippen molar-refractivity contribution in [2.45, 2.75) is 67.3 Å². The Balaban J connectivity index is 0.000000500. The van der Waals surface area contributed by atoms with Crippen LogP contribution in [0.5, 0.6) is 0 Å². The van der Waals surface area contributed by atoms with E-state index < -0.39 is 0 Å². The van der Waals surface area contributed by atoms with Crippen molar-refractivity contribution in [2.24, 2.45) is 0 Å². The lowest BCUT2D eigenvalue weighted by atomic mass is 10.0. The zero-order valence-corrected chi connectivity index (χ0v) is 14.6. The molecule has 0 bridgehead atoms. The summed E-state index contributed by atoms with van der Waals surface area (Å²) in [6.07, 6.45) is 3.43. The predicted molar refractivity (Wildman–Crippen MR) is 95.2 cm³/mol. The van der Waals surface area contributed by atoms with Crippen LogP contribution in [-0.2, 0) is 13.0 Å². The van der Waals surface area contributed by atoms with E-state index in [1.54, 1.807) is 6.07 Å². The van der Waals surface area contributed by atoms with Crippen LogP contribution in [-0.4, -0.2) is 4.57 Å². The van der Waals surface area contributed by atoms with Gasteiger partial charge in [0.05, 0.1) is 5.52 Å². The van der Waals surface area contributed by atoms with E-state index in [9.17, 15) is 4.79 Å². The Kier molecular flexibility index (Phi) is 10.3. The van der Waals surface area contributed by atoms with Crippen LogP contribution in [0.1, 0.15) is 59.9 Å². The van der Waals surface area contributed by atoms with E-state index >= 15 is 0 Å². The second-order valence-corrected chi connectivity index (χ2v) is 4.49. The Morgan fingerprint density at radius 1 is 1.00 bits per heavy atom. The van der Waals surface area contributed by atoms with Gasteiger partial charge in [0.1, 0.15) is 0 Å². The molecule has 118 valence electrons. The summed E-state index contributed by atoms with van der Waals surface area (Å²) in [6, 6.07) is 9.84. The van der Waals surface area contributed by atoms with Crippen molar-refractivity contribution in [2.75, 3.05) is 0 Å². The van der Waals surface area contributed by atoms with Crippen LogP contribution in [0.2, 0.25) is 0 Å². The average Bonchev–Trinajstić information content (AvgIpc) is 2.56. The van der Waals surface area contributed by atoms with Crippen molar-refractivity contribution in [3.63, 3.8) is 0 Å². The fourth-order valence-corrected chi connectivity index (χ4v) is 2.29. The van der Waals surface area contributed by atoms with E-state index in [4.69, 9.17) is 0 Å². The molecular formula is C19H31NO. The quantitative estimate of drug-likeness (QED) is 0.635. The molecule has 0 radical (unpaired) electrons. The summed E-state index contributed by atoms with van der Waals surface area (Å²) in [7, 11) is 0. The second-order valence-electron chi connectivity index (χ2n) is 4.49. The Hall–Kier alpha value is -1.57. The number of para-hydroxylation sites is 1. The third-order valence-electron chi connectivity index (χ3n) is 2.92. The van der Waals surface area contributed by atoms with Crippen molar-refractivity contribution in [3.05, 3.63) is 46.2 Å². The number of aromatic nitrogens is 1. The molecule has 1 aromatic heterocycles. The molecule has 0 N–H and O–H groups in total. The fourth-order valence-electron chi connectivity index (χ4n) is 2.29. The van der Waals surface area contributed by atoms with Gasteiger partial charge in [0.15, 0.2) is 0 Å². The predicted octanol–water partition coefficient (Wildman–Crippen LogP) is 5.42. The molecule has 0 spiro atoms. The van der Waals surface area contributed by atoms with Crippen LogP contribution < -0.4 is 5.56 Å². The number of rotatable bonds is 0. The first-order chi connectivity index (χ1) is 10.3. The van der Waals surface area contributed by atoms with E-state index in [-0.39, 0.29) is 5.56 Å². The molecule has 3 rings (SSSR count). The summed E-state index contributed by atoms with van der Waals surface area (Å²) in [6.45, 7) is 13.1. The van der Waals surface area contributed by atoms with Gasteiger partial charge >= 0.3 is 0 Å². The van der Waals surface area contributed by atoms with Gasteiger partial charge in [-0.3, -0.25) is 4.79 Å². The molecule has 2 aromatic rings. The summed E-state index contributed by atoms with van der Waals surface area (Å²) < 4.78 is 1.90. The van der Waals surface area contributed by atoms with Gasteiger partial charge in [-0.15, -0.1) is 0 Å². The standard InChI is InChI=1S/C12H11NO.C3H8.2C2H6/c14-11-7-6-10-4-1-3-9-5-2-8-13(11)12(9)10;1-3-2;2*1-2/h1,3-4,6-7H,2,5,8H2;3H2,1-2H3;2*1-2H3. The molecule has 0 saturated heterocycles. The van der Waals surface area contributed by atoms with Crippen LogP contribution >= 0.6 is 0 Å². The molecule has 1 aromatic carbocycles. The molecule has 0 saturated carbocycles. The minimum atomic E-state index is 0.129. The topological polar surface area (TPSA) is 22.0 Å². The van der Waals surface area contributed by atoms with Gasteiger partial charge in [-0.2, -0.15) is 0 Å². The van der Waals surface area contributed by atoms with Crippen LogP contribution in [0.4, 0.5) is 0 Å². The summed E-state index contributed by atoms with van der Waals surface area (Å²) in [5, 5.41) is 1.18. The summed E-state index contributed by atoms with van der Waals surface area (Å²) in [5.74, 6) is 0. The fraction of sp³-hybridized carbons (Fsp3) is 0.526. The minimum absolute atomic E-state index is 0.129. The molecular weight excluding hydrogens is 258 g/mol. The highest BCUT2D eigenvalue weighted by atomic mass is 16.1. The Bertz CT molecular complexity index is 569. The number of nitrogens with zero attached hydrogens (tertiary/aromatic N) is 1. The van der Waals surface area contributed by atoms with Gasteiger partial charge in [-0.05, 0) is 29.9 Å². The van der Waals surface area contributed by atoms with Crippen molar-refractivity contribution in [1.29, 1.82) is 0 Å². The van der Waals surface area contributed by atoms with Gasteiger partial charge in [-0.1, -0.05) is 66.2 Å². The molecule has 0 atom stereocenters. The number of pyridine rings is 1. The molecule has 0 fully saturated rings. The summed E-state index contributed by atoms with van der Waals surface area (Å²) in [4.78, 5) is 11.6. The first-order valence-corrected chi connectivity index (χ1v) is 8.39. The molecule has 21 heavy (non-hydrogen) atoms. The molecule has 0 aliphatic carbocycles. The van der Waals surface area contributed by atoms with E-state index in [2.05, 4.69) is 32.0 Å². The highest BCUT2D eigenvalue weighted by molar-refractivity contribution is 5.82. The van der Waals surface area contributed by atoms with Gasteiger partial charge in [0.25, 0.3) is 5.56 Å². The smallest absolute Gasteiger partial charge is 0.251 e. The lowest BCUT2D eigenvalue weighted by molar-refractivity contribution is 0.616. The third-order valence-corrected chi connectivity index (χ3v) is 2.92. The van der Waals surface area contributed by atoms with Crippen molar-refractivity contribution < 1.29 is 0 Å². The lowest BCUT2D eigenvalue weighted by Crippen LogP contribution is -2.23. The minimum Gasteiger partial charge on any atom is -0.308 e. The number of hydrogen-bond acceptors (Lipinski definition) is 1. The van der Waals surface area contributed by atoms with Crippen LogP contribution in [0, 0.1) is 0 Å². The number of benzene rings is 1. The van der Waals surface area contributed by atoms with Crippen molar-refractivity contribution >= 4 is 10.9 Å². The highest BCUT2D eigenvalue weighted by Gasteiger charge is 2.11. The summed E-state index contributed by atoms with van der Waals surface area (Å²) in [5.41, 5.74) is 2.59. The monoisotopic (exact) mass is 289 g/mol. The Labute approximate surface area is 129 Å². The molecule has 1 aliphatic heterocycles.